The minimum Gasteiger partial charge on any atom is -0.261 e. The molecule has 29 heavy (non-hydrogen) atoms. The van der Waals surface area contributed by atoms with Crippen molar-refractivity contribution in [2.75, 3.05) is 5.88 Å². The highest BCUT2D eigenvalue weighted by Gasteiger charge is 2.32. The van der Waals surface area contributed by atoms with E-state index >= 15 is 0 Å². The number of hydrogen-bond donors (Lipinski definition) is 0. The highest BCUT2D eigenvalue weighted by molar-refractivity contribution is 6.18. The Morgan fingerprint density at radius 1 is 1.10 bits per heavy atom. The zero-order chi connectivity index (χ0) is 21.0. The summed E-state index contributed by atoms with van der Waals surface area (Å²) in [6.07, 6.45) is 1.13. The van der Waals surface area contributed by atoms with Crippen molar-refractivity contribution in [3.8, 4) is 0 Å². The number of nitrogens with zero attached hydrogens (tertiary/aromatic N) is 1. The van der Waals surface area contributed by atoms with Crippen LogP contribution in [-0.2, 0) is 12.6 Å². The number of rotatable bonds is 5. The maximum absolute atomic E-state index is 14.1. The molecule has 0 saturated carbocycles. The molecule has 0 radical (unpaired) electrons. The zero-order valence-electron chi connectivity index (χ0n) is 15.8. The van der Waals surface area contributed by atoms with Gasteiger partial charge in [0, 0.05) is 29.6 Å². The Kier molecular flexibility index (Phi) is 6.58. The van der Waals surface area contributed by atoms with E-state index in [1.54, 1.807) is 12.3 Å². The van der Waals surface area contributed by atoms with E-state index in [-0.39, 0.29) is 11.5 Å². The van der Waals surface area contributed by atoms with Gasteiger partial charge < -0.3 is 0 Å². The van der Waals surface area contributed by atoms with Gasteiger partial charge in [-0.1, -0.05) is 36.4 Å². The SMILES string of the molecule is CC1=CN=C(C(Cc2ccccc2)c2cc(F)cc(C(F)(F)F)c2)C=CC1CCl. The fraction of sp³-hybridized carbons (Fsp3) is 0.261. The molecule has 2 aromatic rings. The van der Waals surface area contributed by atoms with Crippen LogP contribution in [0.15, 0.2) is 77.4 Å². The molecule has 0 aromatic heterocycles. The van der Waals surface area contributed by atoms with Gasteiger partial charge in [-0.25, -0.2) is 4.39 Å². The van der Waals surface area contributed by atoms with Gasteiger partial charge in [0.2, 0.25) is 0 Å². The summed E-state index contributed by atoms with van der Waals surface area (Å²) in [6.45, 7) is 1.90. The second kappa shape index (κ2) is 8.95. The third kappa shape index (κ3) is 5.36. The van der Waals surface area contributed by atoms with Gasteiger partial charge in [-0.3, -0.25) is 4.99 Å². The third-order valence-corrected chi connectivity index (χ3v) is 5.29. The molecule has 0 spiro atoms. The third-order valence-electron chi connectivity index (χ3n) is 4.96. The van der Waals surface area contributed by atoms with Gasteiger partial charge in [0.05, 0.1) is 5.56 Å². The number of benzene rings is 2. The first-order valence-corrected chi connectivity index (χ1v) is 9.71. The lowest BCUT2D eigenvalue weighted by Gasteiger charge is -2.20. The first-order chi connectivity index (χ1) is 13.8. The van der Waals surface area contributed by atoms with Crippen LogP contribution >= 0.6 is 11.6 Å². The summed E-state index contributed by atoms with van der Waals surface area (Å²) in [5, 5.41) is 0. The predicted octanol–water partition coefficient (Wildman–Crippen LogP) is 6.94. The molecule has 1 aliphatic rings. The summed E-state index contributed by atoms with van der Waals surface area (Å²) >= 11 is 6.00. The summed E-state index contributed by atoms with van der Waals surface area (Å²) in [5.74, 6) is -1.09. The molecule has 2 unspecified atom stereocenters. The van der Waals surface area contributed by atoms with Gasteiger partial charge in [-0.15, -0.1) is 11.6 Å². The van der Waals surface area contributed by atoms with Gasteiger partial charge in [-0.05, 0) is 54.3 Å². The number of halogens is 5. The molecule has 1 aliphatic heterocycles. The predicted molar refractivity (Wildman–Crippen MR) is 109 cm³/mol. The molecule has 1 heterocycles. The Hall–Kier alpha value is -2.40. The van der Waals surface area contributed by atoms with Crippen LogP contribution in [0.4, 0.5) is 17.6 Å². The van der Waals surface area contributed by atoms with Gasteiger partial charge >= 0.3 is 6.18 Å². The van der Waals surface area contributed by atoms with Gasteiger partial charge in [0.15, 0.2) is 0 Å². The number of aliphatic imine (C=N–C) groups is 1. The molecule has 2 aromatic carbocycles. The van der Waals surface area contributed by atoms with Crippen LogP contribution in [0.1, 0.15) is 29.5 Å². The number of allylic oxidation sites excluding steroid dienone is 3. The van der Waals surface area contributed by atoms with Crippen molar-refractivity contribution in [2.24, 2.45) is 10.9 Å². The molecule has 6 heteroatoms. The topological polar surface area (TPSA) is 12.4 Å². The van der Waals surface area contributed by atoms with Crippen LogP contribution in [-0.4, -0.2) is 11.6 Å². The quantitative estimate of drug-likeness (QED) is 0.366. The zero-order valence-corrected chi connectivity index (χ0v) is 16.5. The molecule has 0 aliphatic carbocycles. The molecule has 152 valence electrons. The lowest BCUT2D eigenvalue weighted by Crippen LogP contribution is -2.16. The maximum Gasteiger partial charge on any atom is 0.416 e. The fourth-order valence-electron chi connectivity index (χ4n) is 3.28. The minimum absolute atomic E-state index is 0.00598. The Morgan fingerprint density at radius 3 is 2.48 bits per heavy atom. The van der Waals surface area contributed by atoms with E-state index in [9.17, 15) is 17.6 Å². The molecule has 0 bridgehead atoms. The minimum atomic E-state index is -4.63. The summed E-state index contributed by atoms with van der Waals surface area (Å²) in [7, 11) is 0. The van der Waals surface area contributed by atoms with Gasteiger partial charge in [-0.2, -0.15) is 13.2 Å². The standard InChI is InChI=1S/C23H20ClF4N/c1-15-14-29-22(8-7-17(15)13-24)21(9-16-5-3-2-4-6-16)18-10-19(23(26,27)28)12-20(25)11-18/h2-8,10-12,14,17,21H,9,13H2,1H3. The van der Waals surface area contributed by atoms with Crippen molar-refractivity contribution in [1.29, 1.82) is 0 Å². The summed E-state index contributed by atoms with van der Waals surface area (Å²) in [6, 6.07) is 12.0. The Morgan fingerprint density at radius 2 is 1.83 bits per heavy atom. The first-order valence-electron chi connectivity index (χ1n) is 9.18. The lowest BCUT2D eigenvalue weighted by atomic mass is 9.86. The Bertz CT molecular complexity index is 945. The molecule has 3 rings (SSSR count). The van der Waals surface area contributed by atoms with E-state index < -0.39 is 23.5 Å². The van der Waals surface area contributed by atoms with E-state index in [0.29, 0.717) is 24.1 Å². The molecular formula is C23H20ClF4N. The van der Waals surface area contributed by atoms with Crippen molar-refractivity contribution in [3.05, 3.63) is 95.0 Å². The van der Waals surface area contributed by atoms with Crippen LogP contribution in [0.3, 0.4) is 0 Å². The monoisotopic (exact) mass is 421 g/mol. The van der Waals surface area contributed by atoms with Crippen molar-refractivity contribution in [3.63, 3.8) is 0 Å². The molecule has 0 amide bonds. The summed E-state index contributed by atoms with van der Waals surface area (Å²) in [5.41, 5.74) is 1.68. The van der Waals surface area contributed by atoms with Gasteiger partial charge in [0.1, 0.15) is 5.82 Å². The second-order valence-corrected chi connectivity index (χ2v) is 7.37. The van der Waals surface area contributed by atoms with Crippen molar-refractivity contribution < 1.29 is 17.6 Å². The average molecular weight is 422 g/mol. The fourth-order valence-corrected chi connectivity index (χ4v) is 3.63. The summed E-state index contributed by atoms with van der Waals surface area (Å²) < 4.78 is 53.9. The molecule has 2 atom stereocenters. The van der Waals surface area contributed by atoms with Crippen molar-refractivity contribution in [1.82, 2.24) is 0 Å². The average Bonchev–Trinajstić information content (AvgIpc) is 2.87. The molecule has 0 saturated heterocycles. The molecule has 0 fully saturated rings. The van der Waals surface area contributed by atoms with Crippen molar-refractivity contribution >= 4 is 17.3 Å². The van der Waals surface area contributed by atoms with E-state index in [1.165, 1.54) is 0 Å². The van der Waals surface area contributed by atoms with Crippen LogP contribution in [0.5, 0.6) is 0 Å². The molecule has 0 N–H and O–H groups in total. The highest BCUT2D eigenvalue weighted by atomic mass is 35.5. The van der Waals surface area contributed by atoms with Crippen LogP contribution in [0, 0.1) is 11.7 Å². The maximum atomic E-state index is 14.1. The van der Waals surface area contributed by atoms with Crippen LogP contribution in [0.2, 0.25) is 0 Å². The van der Waals surface area contributed by atoms with E-state index in [4.69, 9.17) is 11.6 Å². The molecular weight excluding hydrogens is 402 g/mol. The van der Waals surface area contributed by atoms with E-state index in [2.05, 4.69) is 4.99 Å². The van der Waals surface area contributed by atoms with E-state index in [1.807, 2.05) is 43.3 Å². The first kappa shape index (κ1) is 21.3. The van der Waals surface area contributed by atoms with Gasteiger partial charge in [0.25, 0.3) is 0 Å². The van der Waals surface area contributed by atoms with E-state index in [0.717, 1.165) is 23.3 Å². The Labute approximate surface area is 172 Å². The lowest BCUT2D eigenvalue weighted by molar-refractivity contribution is -0.137. The van der Waals surface area contributed by atoms with Crippen LogP contribution in [0.25, 0.3) is 0 Å². The smallest absolute Gasteiger partial charge is 0.261 e. The largest absolute Gasteiger partial charge is 0.416 e. The Balaban J connectivity index is 2.09. The molecule has 1 nitrogen and oxygen atoms in total. The number of hydrogen-bond acceptors (Lipinski definition) is 1. The number of alkyl halides is 4. The normalized spacial score (nSPS) is 18.1. The highest BCUT2D eigenvalue weighted by Crippen LogP contribution is 2.34. The summed E-state index contributed by atoms with van der Waals surface area (Å²) in [4.78, 5) is 4.50. The second-order valence-electron chi connectivity index (χ2n) is 7.06. The van der Waals surface area contributed by atoms with Crippen molar-refractivity contribution in [2.45, 2.75) is 25.4 Å². The van der Waals surface area contributed by atoms with Crippen LogP contribution < -0.4 is 0 Å².